The average Bonchev–Trinajstić information content (AvgIpc) is 2.39. The summed E-state index contributed by atoms with van der Waals surface area (Å²) in [5.74, 6) is 1.42. The number of fused-ring (bicyclic) bond motifs is 1. The molecular formula is C15H19N. The average molecular weight is 213 g/mol. The zero-order valence-corrected chi connectivity index (χ0v) is 9.73. The van der Waals surface area contributed by atoms with E-state index >= 15 is 0 Å². The first-order valence-electron chi connectivity index (χ1n) is 6.54. The van der Waals surface area contributed by atoms with Gasteiger partial charge < -0.3 is 0 Å². The van der Waals surface area contributed by atoms with Gasteiger partial charge in [0.1, 0.15) is 0 Å². The van der Waals surface area contributed by atoms with Gasteiger partial charge in [0.25, 0.3) is 0 Å². The van der Waals surface area contributed by atoms with Gasteiger partial charge in [-0.3, -0.25) is 4.99 Å². The quantitative estimate of drug-likeness (QED) is 0.672. The van der Waals surface area contributed by atoms with Crippen LogP contribution in [0, 0.1) is 5.92 Å². The molecule has 2 atom stereocenters. The molecule has 1 saturated carbocycles. The predicted molar refractivity (Wildman–Crippen MR) is 68.1 cm³/mol. The number of hydrogen-bond donors (Lipinski definition) is 0. The third-order valence-electron chi connectivity index (χ3n) is 4.03. The van der Waals surface area contributed by atoms with Crippen molar-refractivity contribution >= 4 is 5.71 Å². The van der Waals surface area contributed by atoms with Crippen LogP contribution in [0.1, 0.15) is 43.6 Å². The molecule has 0 radical (unpaired) electrons. The Balaban J connectivity index is 1.92. The van der Waals surface area contributed by atoms with E-state index in [9.17, 15) is 0 Å². The van der Waals surface area contributed by atoms with Crippen LogP contribution in [0.15, 0.2) is 35.3 Å². The molecule has 16 heavy (non-hydrogen) atoms. The summed E-state index contributed by atoms with van der Waals surface area (Å²) in [6.07, 6.45) is 6.74. The largest absolute Gasteiger partial charge is 0.293 e. The Labute approximate surface area is 97.6 Å². The fourth-order valence-corrected chi connectivity index (χ4v) is 3.25. The monoisotopic (exact) mass is 213 g/mol. The highest BCUT2D eigenvalue weighted by Crippen LogP contribution is 2.37. The van der Waals surface area contributed by atoms with Crippen LogP contribution in [0.5, 0.6) is 0 Å². The van der Waals surface area contributed by atoms with Crippen molar-refractivity contribution in [1.29, 1.82) is 0 Å². The summed E-state index contributed by atoms with van der Waals surface area (Å²) in [5.41, 5.74) is 3.00. The second-order valence-electron chi connectivity index (χ2n) is 5.04. The summed E-state index contributed by atoms with van der Waals surface area (Å²) in [4.78, 5) is 4.83. The van der Waals surface area contributed by atoms with Gasteiger partial charge in [0.2, 0.25) is 0 Å². The van der Waals surface area contributed by atoms with Crippen molar-refractivity contribution in [2.24, 2.45) is 10.9 Å². The van der Waals surface area contributed by atoms with Gasteiger partial charge >= 0.3 is 0 Å². The molecule has 1 heteroatoms. The van der Waals surface area contributed by atoms with Gasteiger partial charge in [0, 0.05) is 18.2 Å². The Morgan fingerprint density at radius 1 is 0.938 bits per heavy atom. The van der Waals surface area contributed by atoms with Crippen molar-refractivity contribution in [2.45, 2.75) is 38.0 Å². The third-order valence-corrected chi connectivity index (χ3v) is 4.03. The van der Waals surface area contributed by atoms with E-state index in [1.54, 1.807) is 0 Å². The Morgan fingerprint density at radius 2 is 1.75 bits per heavy atom. The second kappa shape index (κ2) is 4.40. The lowest BCUT2D eigenvalue weighted by molar-refractivity contribution is 0.446. The van der Waals surface area contributed by atoms with Crippen LogP contribution >= 0.6 is 0 Å². The molecule has 1 aromatic rings. The van der Waals surface area contributed by atoms with Crippen LogP contribution in [0.25, 0.3) is 0 Å². The molecule has 84 valence electrons. The summed E-state index contributed by atoms with van der Waals surface area (Å²) in [7, 11) is 0. The number of nitrogens with zero attached hydrogens (tertiary/aromatic N) is 1. The van der Waals surface area contributed by atoms with Crippen LogP contribution in [0.3, 0.4) is 0 Å². The lowest BCUT2D eigenvalue weighted by Gasteiger charge is -2.34. The second-order valence-corrected chi connectivity index (χ2v) is 5.04. The minimum absolute atomic E-state index is 0.625. The Bertz CT molecular complexity index is 380. The number of benzene rings is 1. The first-order valence-corrected chi connectivity index (χ1v) is 6.54. The fourth-order valence-electron chi connectivity index (χ4n) is 3.25. The fraction of sp³-hybridized carbons (Fsp3) is 0.533. The van der Waals surface area contributed by atoms with E-state index in [4.69, 9.17) is 4.99 Å². The molecule has 1 aromatic carbocycles. The molecule has 0 spiro atoms. The van der Waals surface area contributed by atoms with E-state index in [-0.39, 0.29) is 0 Å². The molecule has 1 heterocycles. The highest BCUT2D eigenvalue weighted by atomic mass is 14.8. The van der Waals surface area contributed by atoms with Crippen molar-refractivity contribution in [3.05, 3.63) is 35.9 Å². The lowest BCUT2D eigenvalue weighted by Crippen LogP contribution is -2.30. The smallest absolute Gasteiger partial charge is 0.0389 e. The van der Waals surface area contributed by atoms with E-state index < -0.39 is 0 Å². The summed E-state index contributed by atoms with van der Waals surface area (Å²) >= 11 is 0. The molecule has 0 amide bonds. The standard InChI is InChI=1S/C15H19N/c1-2-6-12(7-3-1)14-10-4-8-13-9-5-11-16-15(13)14/h1-3,6-7,13-14H,4-5,8-11H2/t13-,14+/m0/s1. The summed E-state index contributed by atoms with van der Waals surface area (Å²) in [5, 5.41) is 0. The van der Waals surface area contributed by atoms with Gasteiger partial charge in [-0.25, -0.2) is 0 Å². The van der Waals surface area contributed by atoms with Gasteiger partial charge in [-0.05, 0) is 37.2 Å². The number of hydrogen-bond acceptors (Lipinski definition) is 1. The maximum atomic E-state index is 4.83. The van der Waals surface area contributed by atoms with E-state index in [1.165, 1.54) is 43.4 Å². The van der Waals surface area contributed by atoms with Crippen LogP contribution in [-0.2, 0) is 0 Å². The molecule has 0 N–H and O–H groups in total. The molecule has 1 aliphatic carbocycles. The maximum Gasteiger partial charge on any atom is 0.0389 e. The van der Waals surface area contributed by atoms with E-state index in [0.717, 1.165) is 12.5 Å². The molecule has 3 rings (SSSR count). The number of aliphatic imine (C=N–C) groups is 1. The molecule has 1 aliphatic heterocycles. The normalized spacial score (nSPS) is 29.4. The molecule has 1 fully saturated rings. The zero-order valence-electron chi connectivity index (χ0n) is 9.73. The predicted octanol–water partition coefficient (Wildman–Crippen LogP) is 3.81. The van der Waals surface area contributed by atoms with Gasteiger partial charge in [0.15, 0.2) is 0 Å². The topological polar surface area (TPSA) is 12.4 Å². The van der Waals surface area contributed by atoms with Gasteiger partial charge in [-0.2, -0.15) is 0 Å². The van der Waals surface area contributed by atoms with E-state index in [1.807, 2.05) is 0 Å². The van der Waals surface area contributed by atoms with Crippen molar-refractivity contribution in [1.82, 2.24) is 0 Å². The van der Waals surface area contributed by atoms with Crippen molar-refractivity contribution in [3.63, 3.8) is 0 Å². The maximum absolute atomic E-state index is 4.83. The van der Waals surface area contributed by atoms with Crippen LogP contribution in [-0.4, -0.2) is 12.3 Å². The molecule has 0 unspecified atom stereocenters. The minimum atomic E-state index is 0.625. The highest BCUT2D eigenvalue weighted by Gasteiger charge is 2.30. The van der Waals surface area contributed by atoms with Crippen LogP contribution in [0.4, 0.5) is 0 Å². The summed E-state index contributed by atoms with van der Waals surface area (Å²) in [6, 6.07) is 10.9. The molecule has 1 nitrogen and oxygen atoms in total. The molecule has 0 aromatic heterocycles. The van der Waals surface area contributed by atoms with Gasteiger partial charge in [-0.15, -0.1) is 0 Å². The molecular weight excluding hydrogens is 194 g/mol. The molecule has 0 saturated heterocycles. The molecule has 2 aliphatic rings. The van der Waals surface area contributed by atoms with Crippen LogP contribution < -0.4 is 0 Å². The van der Waals surface area contributed by atoms with Crippen molar-refractivity contribution in [2.75, 3.05) is 6.54 Å². The number of rotatable bonds is 1. The minimum Gasteiger partial charge on any atom is -0.293 e. The van der Waals surface area contributed by atoms with Crippen LogP contribution in [0.2, 0.25) is 0 Å². The molecule has 0 bridgehead atoms. The Hall–Kier alpha value is -1.11. The third kappa shape index (κ3) is 1.79. The summed E-state index contributed by atoms with van der Waals surface area (Å²) < 4.78 is 0. The Kier molecular flexibility index (Phi) is 2.77. The lowest BCUT2D eigenvalue weighted by atomic mass is 9.73. The van der Waals surface area contributed by atoms with Gasteiger partial charge in [0.05, 0.1) is 0 Å². The zero-order chi connectivity index (χ0) is 10.8. The van der Waals surface area contributed by atoms with E-state index in [2.05, 4.69) is 30.3 Å². The first-order chi connectivity index (χ1) is 7.95. The SMILES string of the molecule is c1ccc([C@H]2CCC[C@H]3CCCN=C32)cc1. The summed E-state index contributed by atoms with van der Waals surface area (Å²) in [6.45, 7) is 1.06. The first kappa shape index (κ1) is 10.1. The van der Waals surface area contributed by atoms with E-state index in [0.29, 0.717) is 5.92 Å². The highest BCUT2D eigenvalue weighted by molar-refractivity contribution is 5.94. The Morgan fingerprint density at radius 3 is 2.62 bits per heavy atom. The van der Waals surface area contributed by atoms with Crippen molar-refractivity contribution in [3.8, 4) is 0 Å². The van der Waals surface area contributed by atoms with Gasteiger partial charge in [-0.1, -0.05) is 36.8 Å². The van der Waals surface area contributed by atoms with Crippen molar-refractivity contribution < 1.29 is 0 Å².